The molecule has 3 N–H and O–H groups in total. The summed E-state index contributed by atoms with van der Waals surface area (Å²) in [5.74, 6) is 0.784. The zero-order chi connectivity index (χ0) is 18.2. The molecule has 1 heterocycles. The van der Waals surface area contributed by atoms with Gasteiger partial charge in [-0.3, -0.25) is 4.79 Å². The second kappa shape index (κ2) is 9.03. The van der Waals surface area contributed by atoms with Gasteiger partial charge in [0.25, 0.3) is 0 Å². The lowest BCUT2D eigenvalue weighted by molar-refractivity contribution is -0.120. The molecular formula is C19H24N4O3. The number of rotatable bonds is 6. The van der Waals surface area contributed by atoms with Crippen LogP contribution in [0.2, 0.25) is 0 Å². The minimum Gasteiger partial charge on any atom is -0.439 e. The highest BCUT2D eigenvalue weighted by Gasteiger charge is 2.16. The molecule has 1 fully saturated rings. The third-order valence-corrected chi connectivity index (χ3v) is 4.40. The van der Waals surface area contributed by atoms with E-state index < -0.39 is 0 Å². The predicted molar refractivity (Wildman–Crippen MR) is 97.2 cm³/mol. The Balaban J connectivity index is 1.37. The number of carbonyl (C=O) groups is 2. The van der Waals surface area contributed by atoms with Crippen LogP contribution in [0, 0.1) is 0 Å². The van der Waals surface area contributed by atoms with Crippen LogP contribution in [0.3, 0.4) is 0 Å². The van der Waals surface area contributed by atoms with Crippen LogP contribution < -0.4 is 16.0 Å². The molecule has 0 aliphatic heterocycles. The first-order chi connectivity index (χ1) is 12.7. The van der Waals surface area contributed by atoms with Gasteiger partial charge in [-0.25, -0.2) is 9.78 Å². The highest BCUT2D eigenvalue weighted by Crippen LogP contribution is 2.19. The summed E-state index contributed by atoms with van der Waals surface area (Å²) in [5.41, 5.74) is 0.929. The Hall–Kier alpha value is -2.83. The van der Waals surface area contributed by atoms with Crippen molar-refractivity contribution in [2.24, 2.45) is 0 Å². The number of carbonyl (C=O) groups excluding carboxylic acids is 2. The van der Waals surface area contributed by atoms with Crippen molar-refractivity contribution in [1.82, 2.24) is 20.9 Å². The van der Waals surface area contributed by atoms with Crippen molar-refractivity contribution in [2.45, 2.75) is 44.7 Å². The van der Waals surface area contributed by atoms with E-state index in [2.05, 4.69) is 20.9 Å². The van der Waals surface area contributed by atoms with Crippen LogP contribution in [0.4, 0.5) is 4.79 Å². The van der Waals surface area contributed by atoms with Gasteiger partial charge in [-0.2, -0.15) is 0 Å². The fourth-order valence-corrected chi connectivity index (χ4v) is 3.01. The zero-order valence-electron chi connectivity index (χ0n) is 14.7. The van der Waals surface area contributed by atoms with E-state index in [9.17, 15) is 9.59 Å². The average molecular weight is 356 g/mol. The Morgan fingerprint density at radius 2 is 1.85 bits per heavy atom. The van der Waals surface area contributed by atoms with Gasteiger partial charge in [-0.15, -0.1) is 0 Å². The van der Waals surface area contributed by atoms with Gasteiger partial charge in [0.15, 0.2) is 5.76 Å². The van der Waals surface area contributed by atoms with E-state index in [0.717, 1.165) is 31.2 Å². The summed E-state index contributed by atoms with van der Waals surface area (Å²) in [5, 5.41) is 8.18. The summed E-state index contributed by atoms with van der Waals surface area (Å²) in [6.45, 7) is 0.0996. The number of hydrogen-bond acceptors (Lipinski definition) is 4. The number of aromatic nitrogens is 1. The van der Waals surface area contributed by atoms with E-state index in [-0.39, 0.29) is 31.1 Å². The third-order valence-electron chi connectivity index (χ3n) is 4.40. The lowest BCUT2D eigenvalue weighted by atomic mass is 9.96. The molecule has 0 unspecified atom stereocenters. The predicted octanol–water partition coefficient (Wildman–Crippen LogP) is 2.59. The largest absolute Gasteiger partial charge is 0.439 e. The van der Waals surface area contributed by atoms with Gasteiger partial charge in [-0.05, 0) is 12.8 Å². The molecule has 0 saturated heterocycles. The average Bonchev–Trinajstić information content (AvgIpc) is 3.15. The molecule has 0 bridgehead atoms. The fraction of sp³-hybridized carbons (Fsp3) is 0.421. The minimum absolute atomic E-state index is 0.0786. The molecule has 1 aliphatic rings. The highest BCUT2D eigenvalue weighted by molar-refractivity contribution is 5.83. The number of urea groups is 1. The van der Waals surface area contributed by atoms with Crippen LogP contribution in [-0.2, 0) is 11.3 Å². The Morgan fingerprint density at radius 1 is 1.08 bits per heavy atom. The number of oxazole rings is 1. The van der Waals surface area contributed by atoms with Gasteiger partial charge in [-0.1, -0.05) is 49.6 Å². The molecule has 1 aliphatic carbocycles. The van der Waals surface area contributed by atoms with Crippen molar-refractivity contribution in [2.75, 3.05) is 6.54 Å². The molecule has 138 valence electrons. The molecule has 1 saturated carbocycles. The summed E-state index contributed by atoms with van der Waals surface area (Å²) < 4.78 is 5.62. The number of amides is 3. The lowest BCUT2D eigenvalue weighted by Crippen LogP contribution is -2.46. The van der Waals surface area contributed by atoms with E-state index in [0.29, 0.717) is 11.7 Å². The molecule has 0 spiro atoms. The van der Waals surface area contributed by atoms with E-state index in [1.54, 1.807) is 6.20 Å². The topological polar surface area (TPSA) is 96.3 Å². The van der Waals surface area contributed by atoms with E-state index in [1.165, 1.54) is 6.42 Å². The summed E-state index contributed by atoms with van der Waals surface area (Å²) in [4.78, 5) is 27.8. The number of hydrogen-bond donors (Lipinski definition) is 3. The maximum absolute atomic E-state index is 11.9. The minimum atomic E-state index is -0.297. The number of nitrogens with zero attached hydrogens (tertiary/aromatic N) is 1. The van der Waals surface area contributed by atoms with Crippen molar-refractivity contribution in [3.63, 3.8) is 0 Å². The van der Waals surface area contributed by atoms with Gasteiger partial charge in [0.05, 0.1) is 19.3 Å². The number of benzene rings is 1. The van der Waals surface area contributed by atoms with Crippen molar-refractivity contribution >= 4 is 11.9 Å². The van der Waals surface area contributed by atoms with Gasteiger partial charge < -0.3 is 20.4 Å². The second-order valence-electron chi connectivity index (χ2n) is 6.42. The van der Waals surface area contributed by atoms with Crippen molar-refractivity contribution in [1.29, 1.82) is 0 Å². The van der Waals surface area contributed by atoms with E-state index in [4.69, 9.17) is 4.42 Å². The van der Waals surface area contributed by atoms with Crippen LogP contribution in [0.1, 0.15) is 38.0 Å². The van der Waals surface area contributed by atoms with Crippen LogP contribution in [0.5, 0.6) is 0 Å². The smallest absolute Gasteiger partial charge is 0.315 e. The first-order valence-corrected chi connectivity index (χ1v) is 9.02. The van der Waals surface area contributed by atoms with Crippen LogP contribution in [0.25, 0.3) is 11.3 Å². The SMILES string of the molecule is O=C(CNC(=O)NC1CCCCC1)NCc1ncc(-c2ccccc2)o1. The maximum Gasteiger partial charge on any atom is 0.315 e. The van der Waals surface area contributed by atoms with Gasteiger partial charge in [0, 0.05) is 11.6 Å². The Bertz CT molecular complexity index is 723. The molecule has 7 heteroatoms. The quantitative estimate of drug-likeness (QED) is 0.741. The summed E-state index contributed by atoms with van der Waals surface area (Å²) in [6, 6.07) is 9.55. The molecule has 2 aromatic rings. The van der Waals surface area contributed by atoms with E-state index in [1.807, 2.05) is 30.3 Å². The molecule has 3 amide bonds. The molecular weight excluding hydrogens is 332 g/mol. The molecule has 1 aromatic heterocycles. The van der Waals surface area contributed by atoms with Gasteiger partial charge in [0.1, 0.15) is 0 Å². The number of nitrogens with one attached hydrogen (secondary N) is 3. The summed E-state index contributed by atoms with van der Waals surface area (Å²) in [7, 11) is 0. The Kier molecular flexibility index (Phi) is 6.24. The van der Waals surface area contributed by atoms with Gasteiger partial charge >= 0.3 is 6.03 Å². The summed E-state index contributed by atoms with van der Waals surface area (Å²) >= 11 is 0. The van der Waals surface area contributed by atoms with Gasteiger partial charge in [0.2, 0.25) is 11.8 Å². The molecule has 0 radical (unpaired) electrons. The summed E-state index contributed by atoms with van der Waals surface area (Å²) in [6.07, 6.45) is 7.17. The monoisotopic (exact) mass is 356 g/mol. The first-order valence-electron chi connectivity index (χ1n) is 9.02. The zero-order valence-corrected chi connectivity index (χ0v) is 14.7. The normalized spacial score (nSPS) is 14.6. The van der Waals surface area contributed by atoms with Crippen molar-refractivity contribution in [3.05, 3.63) is 42.4 Å². The second-order valence-corrected chi connectivity index (χ2v) is 6.42. The fourth-order valence-electron chi connectivity index (χ4n) is 3.01. The molecule has 0 atom stereocenters. The van der Waals surface area contributed by atoms with Crippen molar-refractivity contribution in [3.8, 4) is 11.3 Å². The van der Waals surface area contributed by atoms with Crippen LogP contribution in [-0.4, -0.2) is 29.5 Å². The van der Waals surface area contributed by atoms with Crippen LogP contribution >= 0.6 is 0 Å². The van der Waals surface area contributed by atoms with E-state index >= 15 is 0 Å². The maximum atomic E-state index is 11.9. The highest BCUT2D eigenvalue weighted by atomic mass is 16.4. The molecule has 7 nitrogen and oxygen atoms in total. The lowest BCUT2D eigenvalue weighted by Gasteiger charge is -2.22. The Labute approximate surface area is 152 Å². The molecule has 3 rings (SSSR count). The van der Waals surface area contributed by atoms with Crippen molar-refractivity contribution < 1.29 is 14.0 Å². The first kappa shape index (κ1) is 18.0. The third kappa shape index (κ3) is 5.34. The Morgan fingerprint density at radius 3 is 2.62 bits per heavy atom. The molecule has 1 aromatic carbocycles. The van der Waals surface area contributed by atoms with Crippen LogP contribution in [0.15, 0.2) is 40.9 Å². The standard InChI is InChI=1S/C19H24N4O3/c24-17(12-22-19(25)23-15-9-5-2-6-10-15)20-13-18-21-11-16(26-18)14-7-3-1-4-8-14/h1,3-4,7-8,11,15H,2,5-6,9-10,12-13H2,(H,20,24)(H2,22,23,25). The molecule has 26 heavy (non-hydrogen) atoms.